The Morgan fingerprint density at radius 3 is 0.903 bits per heavy atom. The van der Waals surface area contributed by atoms with Crippen LogP contribution < -0.4 is 29.4 Å². The van der Waals surface area contributed by atoms with Crippen molar-refractivity contribution in [3.63, 3.8) is 0 Å². The first-order valence-corrected chi connectivity index (χ1v) is 9.04. The second-order valence-electron chi connectivity index (χ2n) is 4.12. The van der Waals surface area contributed by atoms with Gasteiger partial charge in [0.15, 0.2) is 5.60 Å². The fraction of sp³-hybridized carbons (Fsp3) is 0.556. The zero-order valence-electron chi connectivity index (χ0n) is 15.8. The van der Waals surface area contributed by atoms with E-state index >= 15 is 0 Å². The summed E-state index contributed by atoms with van der Waals surface area (Å²) < 4.78 is 17.1. The first-order chi connectivity index (χ1) is 12.0. The molecule has 0 unspecified atom stereocenters. The van der Waals surface area contributed by atoms with Crippen LogP contribution in [0.4, 0.5) is 0 Å². The third-order valence-corrected chi connectivity index (χ3v) is 1.59. The molecular weight excluding hydrogens is 562 g/mol. The van der Waals surface area contributed by atoms with Crippen molar-refractivity contribution in [2.24, 2.45) is 0 Å². The first kappa shape index (κ1) is 49.9. The van der Waals surface area contributed by atoms with Gasteiger partial charge in [-0.05, 0) is 0 Å². The molecule has 5 N–H and O–H groups in total. The molecule has 17 nitrogen and oxygen atoms in total. The maximum atomic E-state index is 10.3. The van der Waals surface area contributed by atoms with E-state index in [4.69, 9.17) is 64.0 Å². The molecule has 0 aromatic rings. The number of carboxylic acids is 4. The molecule has 0 fully saturated rings. The van der Waals surface area contributed by atoms with Gasteiger partial charge in [-0.25, -0.2) is 4.79 Å². The van der Waals surface area contributed by atoms with Crippen molar-refractivity contribution in [1.82, 2.24) is 0 Å². The van der Waals surface area contributed by atoms with Crippen LogP contribution in [-0.4, -0.2) is 168 Å². The van der Waals surface area contributed by atoms with Crippen LogP contribution in [0.25, 0.3) is 0 Å². The molecule has 0 aromatic heterocycles. The van der Waals surface area contributed by atoms with Gasteiger partial charge in [0, 0.05) is 6.42 Å². The van der Waals surface area contributed by atoms with Gasteiger partial charge in [0.05, 0.1) is 12.8 Å². The van der Waals surface area contributed by atoms with E-state index in [-0.39, 0.29) is 120 Å². The predicted octanol–water partition coefficient (Wildman–Crippen LogP) is -7.56. The number of phosphoric acid groups is 2. The molecule has 0 atom stereocenters. The second kappa shape index (κ2) is 24.9. The number of hydrogen-bond acceptors (Lipinski definition) is 13. The Kier molecular flexibility index (Phi) is 40.1. The van der Waals surface area contributed by atoms with Gasteiger partial charge < -0.3 is 64.0 Å². The van der Waals surface area contributed by atoms with Crippen LogP contribution in [0.5, 0.6) is 0 Å². The summed E-state index contributed by atoms with van der Waals surface area (Å²) in [6.45, 7) is 1.60. The van der Waals surface area contributed by atoms with E-state index < -0.39 is 58.0 Å². The topological polar surface area (TPSA) is 342 Å². The minimum atomic E-state index is -5.39. The maximum Gasteiger partial charge on any atom is 2.00 e. The fourth-order valence-electron chi connectivity index (χ4n) is 0.714. The third kappa shape index (κ3) is 72.0. The molecule has 0 aliphatic carbocycles. The van der Waals surface area contributed by atoms with E-state index in [9.17, 15) is 19.2 Å². The molecule has 0 rings (SSSR count). The van der Waals surface area contributed by atoms with Gasteiger partial charge in [-0.3, -0.25) is 14.4 Å². The molecule has 0 aliphatic heterocycles. The van der Waals surface area contributed by atoms with E-state index in [1.165, 1.54) is 0 Å². The molecule has 0 saturated heterocycles. The Morgan fingerprint density at radius 2 is 0.839 bits per heavy atom. The summed E-state index contributed by atoms with van der Waals surface area (Å²) >= 11 is 0. The van der Waals surface area contributed by atoms with Crippen LogP contribution >= 0.6 is 15.6 Å². The van der Waals surface area contributed by atoms with E-state index in [0.717, 1.165) is 0 Å². The largest absolute Gasteiger partial charge is 2.00 e. The number of carboxylic acid groups (broad SMARTS) is 4. The second-order valence-corrected chi connectivity index (χ2v) is 5.91. The summed E-state index contributed by atoms with van der Waals surface area (Å²) in [5.74, 6) is -5.76. The molecule has 0 spiro atoms. The Labute approximate surface area is 264 Å². The molecule has 0 amide bonds. The SMILES string of the molecule is CCC(=O)O.O=C(O)CC(O)(CC(=O)O)C(=O)O.O=P([O-])([O-])[O-].O=P([O-])([O-])[O-].[Ca+2].[Ca+2].[Ca+2]. The van der Waals surface area contributed by atoms with Gasteiger partial charge in [-0.1, -0.05) is 6.92 Å². The van der Waals surface area contributed by atoms with Crippen LogP contribution in [0.1, 0.15) is 26.2 Å². The van der Waals surface area contributed by atoms with Crippen molar-refractivity contribution in [1.29, 1.82) is 0 Å². The van der Waals surface area contributed by atoms with Crippen LogP contribution in [0.2, 0.25) is 0 Å². The average Bonchev–Trinajstić information content (AvgIpc) is 2.32. The minimum absolute atomic E-state index is 0. The summed E-state index contributed by atoms with van der Waals surface area (Å²) in [6.07, 6.45) is -2.07. The van der Waals surface area contributed by atoms with Crippen LogP contribution in [0.3, 0.4) is 0 Å². The third-order valence-electron chi connectivity index (χ3n) is 1.59. The molecule has 0 aromatic carbocycles. The van der Waals surface area contributed by atoms with Crippen LogP contribution in [0.15, 0.2) is 0 Å². The van der Waals surface area contributed by atoms with Gasteiger partial charge in [0.1, 0.15) is 0 Å². The molecule has 0 aliphatic rings. The zero-order valence-corrected chi connectivity index (χ0v) is 24.2. The monoisotopic (exact) mass is 576 g/mol. The molecule has 22 heteroatoms. The normalized spacial score (nSPS) is 9.55. The Balaban J connectivity index is -0.0000000542. The van der Waals surface area contributed by atoms with E-state index in [2.05, 4.69) is 0 Å². The number of hydrogen-bond donors (Lipinski definition) is 5. The van der Waals surface area contributed by atoms with E-state index in [0.29, 0.717) is 0 Å². The van der Waals surface area contributed by atoms with Crippen molar-refractivity contribution in [3.8, 4) is 0 Å². The van der Waals surface area contributed by atoms with E-state index in [1.54, 1.807) is 6.92 Å². The molecule has 31 heavy (non-hydrogen) atoms. The maximum absolute atomic E-state index is 10.3. The molecule has 0 bridgehead atoms. The van der Waals surface area contributed by atoms with Gasteiger partial charge in [-0.15, -0.1) is 0 Å². The van der Waals surface area contributed by atoms with Crippen molar-refractivity contribution in [3.05, 3.63) is 0 Å². The molecule has 168 valence electrons. The smallest absolute Gasteiger partial charge is 0.822 e. The van der Waals surface area contributed by atoms with Crippen molar-refractivity contribution >= 4 is 153 Å². The van der Waals surface area contributed by atoms with Gasteiger partial charge in [-0.2, -0.15) is 15.6 Å². The number of aliphatic hydroxyl groups is 1. The number of aliphatic carboxylic acids is 4. The van der Waals surface area contributed by atoms with Crippen LogP contribution in [0, 0.1) is 0 Å². The summed E-state index contributed by atoms with van der Waals surface area (Å²) in [7, 11) is -10.8. The summed E-state index contributed by atoms with van der Waals surface area (Å²) in [5.41, 5.74) is -2.74. The first-order valence-electron chi connectivity index (χ1n) is 6.12. The summed E-state index contributed by atoms with van der Waals surface area (Å²) in [4.78, 5) is 91.1. The zero-order chi connectivity index (χ0) is 23.9. The molecule has 0 radical (unpaired) electrons. The minimum Gasteiger partial charge on any atom is -0.822 e. The Bertz CT molecular complexity index is 561. The van der Waals surface area contributed by atoms with E-state index in [1.807, 2.05) is 0 Å². The predicted molar refractivity (Wildman–Crippen MR) is 87.5 cm³/mol. The Morgan fingerprint density at radius 1 is 0.677 bits per heavy atom. The average molecular weight is 576 g/mol. The van der Waals surface area contributed by atoms with Gasteiger partial charge in [0.2, 0.25) is 0 Å². The standard InChI is InChI=1S/C6H8O7.C3H6O2.3Ca.2H3O4P/c7-3(8)1-6(13,5(11)12)2-4(9)10;1-2-3(4)5;;;;2*1-5(2,3)4/h13H,1-2H2,(H,7,8)(H,9,10)(H,11,12);2H2,1H3,(H,4,5);;;;2*(H3,1,2,3,4)/q;;3*+2;;/p-6. The van der Waals surface area contributed by atoms with Crippen LogP contribution in [-0.2, 0) is 28.3 Å². The quantitative estimate of drug-likeness (QED) is 0.145. The summed E-state index contributed by atoms with van der Waals surface area (Å²) in [6, 6.07) is 0. The van der Waals surface area contributed by atoms with Gasteiger partial charge >= 0.3 is 137 Å². The summed E-state index contributed by atoms with van der Waals surface area (Å²) in [5, 5.41) is 41.5. The van der Waals surface area contributed by atoms with Crippen molar-refractivity contribution < 1.29 is 83.2 Å². The number of rotatable bonds is 6. The Hall–Kier alpha value is 1.84. The van der Waals surface area contributed by atoms with Gasteiger partial charge in [0.25, 0.3) is 0 Å². The van der Waals surface area contributed by atoms with Crippen molar-refractivity contribution in [2.75, 3.05) is 0 Å². The number of carbonyl (C=O) groups is 4. The molecule has 0 saturated carbocycles. The fourth-order valence-corrected chi connectivity index (χ4v) is 0.714. The van der Waals surface area contributed by atoms with Crippen molar-refractivity contribution in [2.45, 2.75) is 31.8 Å². The molecule has 0 heterocycles. The molecular formula is C9H14Ca3O17P2.